The van der Waals surface area contributed by atoms with Crippen molar-refractivity contribution in [3.05, 3.63) is 101 Å². The van der Waals surface area contributed by atoms with Crippen molar-refractivity contribution in [3.63, 3.8) is 0 Å². The van der Waals surface area contributed by atoms with Gasteiger partial charge in [0.05, 0.1) is 4.90 Å². The fourth-order valence-electron chi connectivity index (χ4n) is 3.58. The molecule has 0 unspecified atom stereocenters. The zero-order valence-corrected chi connectivity index (χ0v) is 19.9. The molecule has 0 aromatic heterocycles. The SMILES string of the molecule is CCCc1ccc(S(=O)(=O)N[C@@H](Cc2cccc(C(=N)N)c2)C(=O)NCc2ccccc2)cc1. The van der Waals surface area contributed by atoms with Crippen LogP contribution in [0.4, 0.5) is 0 Å². The lowest BCUT2D eigenvalue weighted by molar-refractivity contribution is -0.122. The van der Waals surface area contributed by atoms with Crippen molar-refractivity contribution >= 4 is 21.8 Å². The van der Waals surface area contributed by atoms with Gasteiger partial charge in [0, 0.05) is 12.1 Å². The highest BCUT2D eigenvalue weighted by molar-refractivity contribution is 7.89. The highest BCUT2D eigenvalue weighted by Crippen LogP contribution is 2.15. The van der Waals surface area contributed by atoms with Crippen LogP contribution in [0.1, 0.15) is 35.6 Å². The molecule has 178 valence electrons. The predicted octanol–water partition coefficient (Wildman–Crippen LogP) is 3.13. The summed E-state index contributed by atoms with van der Waals surface area (Å²) in [6.07, 6.45) is 1.94. The molecule has 8 heteroatoms. The van der Waals surface area contributed by atoms with Gasteiger partial charge in [-0.25, -0.2) is 8.42 Å². The molecule has 0 heterocycles. The van der Waals surface area contributed by atoms with Gasteiger partial charge in [-0.15, -0.1) is 0 Å². The smallest absolute Gasteiger partial charge is 0.241 e. The summed E-state index contributed by atoms with van der Waals surface area (Å²) in [7, 11) is -3.94. The van der Waals surface area contributed by atoms with Gasteiger partial charge in [0.25, 0.3) is 0 Å². The first-order chi connectivity index (χ1) is 16.3. The van der Waals surface area contributed by atoms with Crippen LogP contribution in [0.2, 0.25) is 0 Å². The molecule has 3 rings (SSSR count). The Balaban J connectivity index is 1.83. The first kappa shape index (κ1) is 25.1. The molecule has 5 N–H and O–H groups in total. The third kappa shape index (κ3) is 7.00. The van der Waals surface area contributed by atoms with E-state index in [1.54, 1.807) is 48.5 Å². The lowest BCUT2D eigenvalue weighted by atomic mass is 10.0. The number of hydrogen-bond donors (Lipinski definition) is 4. The summed E-state index contributed by atoms with van der Waals surface area (Å²) in [5.74, 6) is -0.539. The number of rotatable bonds is 11. The number of amidine groups is 1. The molecule has 3 aromatic carbocycles. The molecule has 0 saturated heterocycles. The topological polar surface area (TPSA) is 125 Å². The van der Waals surface area contributed by atoms with Crippen LogP contribution in [0, 0.1) is 5.41 Å². The van der Waals surface area contributed by atoms with Gasteiger partial charge in [-0.1, -0.05) is 74.0 Å². The minimum atomic E-state index is -3.94. The molecule has 0 fully saturated rings. The monoisotopic (exact) mass is 478 g/mol. The Morgan fingerprint density at radius 2 is 1.62 bits per heavy atom. The van der Waals surface area contributed by atoms with Gasteiger partial charge in [0.15, 0.2) is 0 Å². The Labute approximate surface area is 201 Å². The third-order valence-corrected chi connectivity index (χ3v) is 6.86. The van der Waals surface area contributed by atoms with E-state index in [0.29, 0.717) is 11.1 Å². The molecule has 0 radical (unpaired) electrons. The van der Waals surface area contributed by atoms with Crippen LogP contribution in [0.5, 0.6) is 0 Å². The summed E-state index contributed by atoms with van der Waals surface area (Å²) < 4.78 is 28.8. The van der Waals surface area contributed by atoms with Crippen LogP contribution in [-0.2, 0) is 34.2 Å². The van der Waals surface area contributed by atoms with Gasteiger partial charge in [0.1, 0.15) is 11.9 Å². The zero-order valence-electron chi connectivity index (χ0n) is 19.1. The second-order valence-electron chi connectivity index (χ2n) is 8.09. The Kier molecular flexibility index (Phi) is 8.56. The lowest BCUT2D eigenvalue weighted by Gasteiger charge is -2.19. The van der Waals surface area contributed by atoms with Crippen LogP contribution >= 0.6 is 0 Å². The van der Waals surface area contributed by atoms with Gasteiger partial charge in [-0.3, -0.25) is 10.2 Å². The van der Waals surface area contributed by atoms with E-state index < -0.39 is 22.0 Å². The normalized spacial score (nSPS) is 12.1. The van der Waals surface area contributed by atoms with Crippen molar-refractivity contribution in [2.45, 2.75) is 43.7 Å². The van der Waals surface area contributed by atoms with Gasteiger partial charge in [0.2, 0.25) is 15.9 Å². The number of aryl methyl sites for hydroxylation is 1. The Morgan fingerprint density at radius 3 is 2.26 bits per heavy atom. The number of benzene rings is 3. The molecule has 0 saturated carbocycles. The Hall–Kier alpha value is -3.49. The quantitative estimate of drug-likeness (QED) is 0.250. The van der Waals surface area contributed by atoms with Crippen LogP contribution in [0.25, 0.3) is 0 Å². The van der Waals surface area contributed by atoms with Gasteiger partial charge < -0.3 is 11.1 Å². The second kappa shape index (κ2) is 11.6. The van der Waals surface area contributed by atoms with E-state index in [1.165, 1.54) is 0 Å². The van der Waals surface area contributed by atoms with Crippen molar-refractivity contribution in [1.29, 1.82) is 5.41 Å². The predicted molar refractivity (Wildman–Crippen MR) is 134 cm³/mol. The summed E-state index contributed by atoms with van der Waals surface area (Å²) in [5.41, 5.74) is 8.75. The fourth-order valence-corrected chi connectivity index (χ4v) is 4.77. The molecule has 3 aromatic rings. The molecule has 0 spiro atoms. The first-order valence-corrected chi connectivity index (χ1v) is 12.6. The Bertz CT molecular complexity index is 1230. The minimum Gasteiger partial charge on any atom is -0.384 e. The van der Waals surface area contributed by atoms with E-state index in [-0.39, 0.29) is 23.7 Å². The minimum absolute atomic E-state index is 0.0975. The molecule has 1 atom stereocenters. The summed E-state index contributed by atoms with van der Waals surface area (Å²) in [6, 6.07) is 21.9. The van der Waals surface area contributed by atoms with E-state index in [9.17, 15) is 13.2 Å². The van der Waals surface area contributed by atoms with Gasteiger partial charge in [-0.05, 0) is 47.7 Å². The van der Waals surface area contributed by atoms with E-state index in [4.69, 9.17) is 11.1 Å². The van der Waals surface area contributed by atoms with Crippen molar-refractivity contribution in [2.24, 2.45) is 5.73 Å². The molecular weight excluding hydrogens is 448 g/mol. The number of amides is 1. The fraction of sp³-hybridized carbons (Fsp3) is 0.231. The maximum Gasteiger partial charge on any atom is 0.241 e. The van der Waals surface area contributed by atoms with Crippen LogP contribution < -0.4 is 15.8 Å². The van der Waals surface area contributed by atoms with Crippen LogP contribution in [-0.4, -0.2) is 26.2 Å². The van der Waals surface area contributed by atoms with Crippen molar-refractivity contribution in [2.75, 3.05) is 0 Å². The first-order valence-electron chi connectivity index (χ1n) is 11.1. The average Bonchev–Trinajstić information content (AvgIpc) is 2.83. The third-order valence-electron chi connectivity index (χ3n) is 5.37. The molecular formula is C26H30N4O3S. The molecule has 0 aliphatic rings. The number of nitrogens with two attached hydrogens (primary N) is 1. The van der Waals surface area contributed by atoms with Crippen LogP contribution in [0.15, 0.2) is 83.8 Å². The van der Waals surface area contributed by atoms with Crippen molar-refractivity contribution in [3.8, 4) is 0 Å². The van der Waals surface area contributed by atoms with E-state index in [1.807, 2.05) is 30.3 Å². The molecule has 0 aliphatic carbocycles. The summed E-state index contributed by atoms with van der Waals surface area (Å²) in [6.45, 7) is 2.34. The molecule has 34 heavy (non-hydrogen) atoms. The molecule has 0 aliphatic heterocycles. The van der Waals surface area contributed by atoms with Crippen LogP contribution in [0.3, 0.4) is 0 Å². The summed E-state index contributed by atoms with van der Waals surface area (Å²) >= 11 is 0. The number of carbonyl (C=O) groups excluding carboxylic acids is 1. The van der Waals surface area contributed by atoms with E-state index >= 15 is 0 Å². The number of nitrogen functional groups attached to an aromatic ring is 1. The number of sulfonamides is 1. The lowest BCUT2D eigenvalue weighted by Crippen LogP contribution is -2.47. The maximum absolute atomic E-state index is 13.1. The zero-order chi connectivity index (χ0) is 24.6. The van der Waals surface area contributed by atoms with Gasteiger partial charge in [-0.2, -0.15) is 4.72 Å². The van der Waals surface area contributed by atoms with Crippen molar-refractivity contribution in [1.82, 2.24) is 10.0 Å². The molecule has 7 nitrogen and oxygen atoms in total. The summed E-state index contributed by atoms with van der Waals surface area (Å²) in [4.78, 5) is 13.2. The molecule has 0 bridgehead atoms. The second-order valence-corrected chi connectivity index (χ2v) is 9.80. The highest BCUT2D eigenvalue weighted by Gasteiger charge is 2.26. The molecule has 1 amide bonds. The number of hydrogen-bond acceptors (Lipinski definition) is 4. The summed E-state index contributed by atoms with van der Waals surface area (Å²) in [5, 5.41) is 10.5. The highest BCUT2D eigenvalue weighted by atomic mass is 32.2. The average molecular weight is 479 g/mol. The Morgan fingerprint density at radius 1 is 0.941 bits per heavy atom. The standard InChI is InChI=1S/C26H30N4O3S/c1-2-7-19-12-14-23(15-13-19)34(32,33)30-24(17-21-10-6-11-22(16-21)25(27)28)26(31)29-18-20-8-4-3-5-9-20/h3-6,8-16,24,30H,2,7,17-18H2,1H3,(H3,27,28)(H,29,31)/t24-/m0/s1. The van der Waals surface area contributed by atoms with E-state index in [0.717, 1.165) is 24.0 Å². The van der Waals surface area contributed by atoms with Crippen molar-refractivity contribution < 1.29 is 13.2 Å². The number of carbonyl (C=O) groups is 1. The van der Waals surface area contributed by atoms with E-state index in [2.05, 4.69) is 17.0 Å². The number of nitrogens with one attached hydrogen (secondary N) is 3. The maximum atomic E-state index is 13.1. The largest absolute Gasteiger partial charge is 0.384 e. The van der Waals surface area contributed by atoms with Gasteiger partial charge >= 0.3 is 0 Å².